The Labute approximate surface area is 386 Å². The van der Waals surface area contributed by atoms with Crippen molar-refractivity contribution in [1.29, 1.82) is 0 Å². The normalized spacial score (nSPS) is 15.1. The lowest BCUT2D eigenvalue weighted by atomic mass is 9.34. The molecule has 0 fully saturated rings. The Kier molecular flexibility index (Phi) is 7.32. The molecule has 1 spiro atoms. The van der Waals surface area contributed by atoms with Crippen LogP contribution in [0.4, 0.5) is 0 Å². The first-order chi connectivity index (χ1) is 32.5. The average Bonchev–Trinajstić information content (AvgIpc) is 4.01. The van der Waals surface area contributed by atoms with Crippen LogP contribution in [0.2, 0.25) is 0 Å². The Morgan fingerprint density at radius 3 is 1.77 bits per heavy atom. The second-order valence-electron chi connectivity index (χ2n) is 19.8. The first-order valence-corrected chi connectivity index (χ1v) is 26.3. The van der Waals surface area contributed by atoms with E-state index in [1.807, 2.05) is 0 Å². The summed E-state index contributed by atoms with van der Waals surface area (Å²) >= 11 is 0. The fraction of sp³-hybridized carbons (Fsp3) is 0.129. The van der Waals surface area contributed by atoms with Crippen molar-refractivity contribution in [1.82, 2.24) is 9.13 Å². The summed E-state index contributed by atoms with van der Waals surface area (Å²) in [4.78, 5) is 0. The maximum Gasteiger partial charge on any atom is 0.252 e. The zero-order valence-electron chi connectivity index (χ0n) is 37.8. The fourth-order valence-corrected chi connectivity index (χ4v) is 19.2. The van der Waals surface area contributed by atoms with E-state index >= 15 is 0 Å². The predicted molar refractivity (Wildman–Crippen MR) is 284 cm³/mol. The summed E-state index contributed by atoms with van der Waals surface area (Å²) < 4.78 is 5.53. The molecule has 2 aromatic heterocycles. The Morgan fingerprint density at radius 1 is 0.485 bits per heavy atom. The smallest absolute Gasteiger partial charge is 0.252 e. The number of nitrogens with zero attached hydrogens (tertiary/aromatic N) is 2. The monoisotopic (exact) mass is 858 g/mol. The standard InChI is InChI=1S/C62H47BN2Si/c1-5-36(3)41-31-46-47-32-42(37(4)6-2)35-54-60(47)65-59(46)48(34-41)63-49-33-40-23-13-14-24-43(40)56-55(38-19-9-7-10-20-38)58(39-21-11-8-12-22-39)64(61(49)56)50-29-30-53(62(65)57(50)63)66(54)51-27-17-15-25-44(51)45-26-16-18-28-52(45)66/h7-37H,5-6H2,1-4H3. The van der Waals surface area contributed by atoms with Crippen LogP contribution in [0, 0.1) is 0 Å². The van der Waals surface area contributed by atoms with E-state index < -0.39 is 8.07 Å². The van der Waals surface area contributed by atoms with E-state index in [0.717, 1.165) is 12.8 Å². The summed E-state index contributed by atoms with van der Waals surface area (Å²) in [5, 5.41) is 13.0. The molecule has 11 aromatic rings. The van der Waals surface area contributed by atoms with Gasteiger partial charge in [-0.1, -0.05) is 185 Å². The molecule has 0 saturated heterocycles. The van der Waals surface area contributed by atoms with Gasteiger partial charge in [-0.2, -0.15) is 0 Å². The molecule has 0 radical (unpaired) electrons. The van der Waals surface area contributed by atoms with Crippen LogP contribution in [0.25, 0.3) is 88.4 Å². The second-order valence-corrected chi connectivity index (χ2v) is 23.4. The van der Waals surface area contributed by atoms with Gasteiger partial charge >= 0.3 is 0 Å². The molecule has 9 aromatic carbocycles. The number of hydrogen-bond acceptors (Lipinski definition) is 0. The first-order valence-electron chi connectivity index (χ1n) is 24.3. The summed E-state index contributed by atoms with van der Waals surface area (Å²) in [5.74, 6) is 0.858. The molecule has 0 N–H and O–H groups in total. The lowest BCUT2D eigenvalue weighted by Gasteiger charge is -2.43. The van der Waals surface area contributed by atoms with Gasteiger partial charge in [-0.05, 0) is 124 Å². The molecule has 312 valence electrons. The number of aromatic nitrogens is 2. The number of fused-ring (bicyclic) bond motifs is 13. The molecule has 0 amide bonds. The highest BCUT2D eigenvalue weighted by atomic mass is 28.3. The van der Waals surface area contributed by atoms with Gasteiger partial charge in [0.15, 0.2) is 8.07 Å². The topological polar surface area (TPSA) is 9.86 Å². The van der Waals surface area contributed by atoms with E-state index in [2.05, 4.69) is 213 Å². The van der Waals surface area contributed by atoms with Gasteiger partial charge in [0.25, 0.3) is 6.71 Å². The SMILES string of the molecule is CCC(C)c1cc2c3c(c1)c1cc(C(C)CC)cc4c1n3-c1c(ccc3c1B2c1cc2ccccc2c2c(-c5ccccc5)c(-c5ccccc5)n-3c12)[Si]41c2ccccc2-c2ccccc21. The molecule has 2 atom stereocenters. The summed E-state index contributed by atoms with van der Waals surface area (Å²) in [6, 6.07) is 69.0. The van der Waals surface area contributed by atoms with E-state index in [9.17, 15) is 0 Å². The van der Waals surface area contributed by atoms with Gasteiger partial charge in [-0.25, -0.2) is 0 Å². The first kappa shape index (κ1) is 37.1. The van der Waals surface area contributed by atoms with Gasteiger partial charge < -0.3 is 9.13 Å². The van der Waals surface area contributed by atoms with Crippen molar-refractivity contribution in [3.05, 3.63) is 187 Å². The van der Waals surface area contributed by atoms with Gasteiger partial charge in [0.1, 0.15) is 0 Å². The molecule has 0 saturated carbocycles. The highest BCUT2D eigenvalue weighted by molar-refractivity contribution is 7.24. The predicted octanol–water partition coefficient (Wildman–Crippen LogP) is 11.1. The highest BCUT2D eigenvalue weighted by Crippen LogP contribution is 2.48. The highest BCUT2D eigenvalue weighted by Gasteiger charge is 2.56. The minimum atomic E-state index is -2.92. The largest absolute Gasteiger partial charge is 0.310 e. The van der Waals surface area contributed by atoms with Crippen LogP contribution < -0.4 is 37.1 Å². The molecular weight excluding hydrogens is 812 g/mol. The third kappa shape index (κ3) is 4.31. The molecule has 2 unspecified atom stereocenters. The van der Waals surface area contributed by atoms with Crippen molar-refractivity contribution in [2.24, 2.45) is 0 Å². The third-order valence-electron chi connectivity index (χ3n) is 16.8. The minimum absolute atomic E-state index is 0.0357. The molecular formula is C62H47BN2Si. The Balaban J connectivity index is 1.22. The van der Waals surface area contributed by atoms with Gasteiger partial charge in [0, 0.05) is 38.6 Å². The molecule has 66 heavy (non-hydrogen) atoms. The van der Waals surface area contributed by atoms with Crippen LogP contribution in [-0.2, 0) is 0 Å². The maximum atomic E-state index is 2.82. The Hall–Kier alpha value is -7.14. The zero-order chi connectivity index (χ0) is 43.7. The van der Waals surface area contributed by atoms with E-state index in [1.165, 1.54) is 131 Å². The molecule has 2 nitrogen and oxygen atoms in total. The van der Waals surface area contributed by atoms with Crippen LogP contribution >= 0.6 is 0 Å². The van der Waals surface area contributed by atoms with Crippen molar-refractivity contribution in [2.45, 2.75) is 52.4 Å². The summed E-state index contributed by atoms with van der Waals surface area (Å²) in [5.41, 5.74) is 22.1. The molecule has 4 aliphatic heterocycles. The molecule has 0 aliphatic carbocycles. The van der Waals surface area contributed by atoms with Crippen LogP contribution in [0.5, 0.6) is 0 Å². The van der Waals surface area contributed by atoms with E-state index in [-0.39, 0.29) is 6.71 Å². The Morgan fingerprint density at radius 2 is 1.08 bits per heavy atom. The van der Waals surface area contributed by atoms with E-state index in [0.29, 0.717) is 11.8 Å². The number of rotatable bonds is 6. The van der Waals surface area contributed by atoms with Gasteiger partial charge in [0.2, 0.25) is 0 Å². The van der Waals surface area contributed by atoms with Crippen molar-refractivity contribution < 1.29 is 0 Å². The van der Waals surface area contributed by atoms with Crippen molar-refractivity contribution in [2.75, 3.05) is 0 Å². The molecule has 0 bridgehead atoms. The maximum absolute atomic E-state index is 2.92. The molecule has 15 rings (SSSR count). The van der Waals surface area contributed by atoms with Crippen molar-refractivity contribution in [3.8, 4) is 44.9 Å². The number of benzene rings is 9. The quantitative estimate of drug-likeness (QED) is 0.147. The fourth-order valence-electron chi connectivity index (χ4n) is 13.6. The second kappa shape index (κ2) is 13.0. The summed E-state index contributed by atoms with van der Waals surface area (Å²) in [6.07, 6.45) is 2.20. The Bertz CT molecular complexity index is 3900. The molecule has 4 heteroatoms. The lowest BCUT2D eigenvalue weighted by Crippen LogP contribution is -2.77. The van der Waals surface area contributed by atoms with Gasteiger partial charge in [-0.15, -0.1) is 0 Å². The average molecular weight is 859 g/mol. The van der Waals surface area contributed by atoms with Crippen LogP contribution in [-0.4, -0.2) is 23.9 Å². The van der Waals surface area contributed by atoms with E-state index in [4.69, 9.17) is 0 Å². The van der Waals surface area contributed by atoms with E-state index in [1.54, 1.807) is 5.19 Å². The van der Waals surface area contributed by atoms with Crippen molar-refractivity contribution in [3.63, 3.8) is 0 Å². The lowest BCUT2D eigenvalue weighted by molar-refractivity contribution is 0.735. The molecule has 6 heterocycles. The van der Waals surface area contributed by atoms with Crippen LogP contribution in [0.1, 0.15) is 63.5 Å². The van der Waals surface area contributed by atoms with Crippen LogP contribution in [0.15, 0.2) is 176 Å². The van der Waals surface area contributed by atoms with Gasteiger partial charge in [-0.3, -0.25) is 0 Å². The third-order valence-corrected chi connectivity index (χ3v) is 21.7. The van der Waals surface area contributed by atoms with Gasteiger partial charge in [0.05, 0.1) is 16.7 Å². The minimum Gasteiger partial charge on any atom is -0.310 e. The summed E-state index contributed by atoms with van der Waals surface area (Å²) in [6.45, 7) is 9.64. The van der Waals surface area contributed by atoms with Crippen LogP contribution in [0.3, 0.4) is 0 Å². The summed E-state index contributed by atoms with van der Waals surface area (Å²) in [7, 11) is -2.92. The van der Waals surface area contributed by atoms with Crippen molar-refractivity contribution >= 4 is 95.4 Å². The number of hydrogen-bond donors (Lipinski definition) is 0. The zero-order valence-corrected chi connectivity index (χ0v) is 38.8. The molecule has 4 aliphatic rings.